The van der Waals surface area contributed by atoms with Gasteiger partial charge in [0.2, 0.25) is 5.91 Å². The maximum Gasteiger partial charge on any atom is 0.307 e. The third-order valence-corrected chi connectivity index (χ3v) is 3.95. The van der Waals surface area contributed by atoms with E-state index in [0.29, 0.717) is 41.8 Å². The number of carbonyl (C=O) groups excluding carboxylic acids is 2. The summed E-state index contributed by atoms with van der Waals surface area (Å²) < 4.78 is 10.2. The van der Waals surface area contributed by atoms with Crippen molar-refractivity contribution in [1.82, 2.24) is 4.90 Å². The zero-order chi connectivity index (χ0) is 18.1. The summed E-state index contributed by atoms with van der Waals surface area (Å²) in [5.74, 6) is 0.203. The van der Waals surface area contributed by atoms with Gasteiger partial charge in [-0.25, -0.2) is 0 Å². The van der Waals surface area contributed by atoms with E-state index < -0.39 is 0 Å². The number of amides is 1. The highest BCUT2D eigenvalue weighted by Gasteiger charge is 2.18. The van der Waals surface area contributed by atoms with Crippen molar-refractivity contribution in [2.24, 2.45) is 0 Å². The molecule has 0 spiro atoms. The number of hydrogen-bond acceptors (Lipinski definition) is 4. The van der Waals surface area contributed by atoms with Gasteiger partial charge in [-0.3, -0.25) is 9.59 Å². The van der Waals surface area contributed by atoms with Gasteiger partial charge in [0.25, 0.3) is 0 Å². The quantitative estimate of drug-likeness (QED) is 0.484. The van der Waals surface area contributed by atoms with Crippen molar-refractivity contribution < 1.29 is 19.1 Å². The molecule has 0 heterocycles. The summed E-state index contributed by atoms with van der Waals surface area (Å²) in [4.78, 5) is 25.2. The van der Waals surface area contributed by atoms with Crippen LogP contribution in [-0.4, -0.2) is 43.1 Å². The number of carbonyl (C=O) groups is 2. The maximum absolute atomic E-state index is 12.3. The summed E-state index contributed by atoms with van der Waals surface area (Å²) in [5.41, 5.74) is 0. The normalized spacial score (nSPS) is 10.6. The molecule has 0 aromatic heterocycles. The van der Waals surface area contributed by atoms with Crippen molar-refractivity contribution >= 4 is 35.1 Å². The van der Waals surface area contributed by atoms with Crippen LogP contribution >= 0.6 is 23.2 Å². The van der Waals surface area contributed by atoms with E-state index in [1.54, 1.807) is 23.1 Å². The Labute approximate surface area is 152 Å². The second-order valence-electron chi connectivity index (χ2n) is 5.53. The minimum atomic E-state index is -0.325. The van der Waals surface area contributed by atoms with Crippen molar-refractivity contribution in [2.45, 2.75) is 39.2 Å². The first-order chi connectivity index (χ1) is 11.3. The predicted molar refractivity (Wildman–Crippen MR) is 94.7 cm³/mol. The highest BCUT2D eigenvalue weighted by molar-refractivity contribution is 6.35. The molecule has 0 atom stereocenters. The van der Waals surface area contributed by atoms with Crippen molar-refractivity contribution in [3.05, 3.63) is 28.2 Å². The summed E-state index contributed by atoms with van der Waals surface area (Å²) in [6, 6.07) is 5.02. The van der Waals surface area contributed by atoms with Crippen LogP contribution in [0.5, 0.6) is 5.75 Å². The highest BCUT2D eigenvalue weighted by Crippen LogP contribution is 2.27. The van der Waals surface area contributed by atoms with E-state index in [9.17, 15) is 9.59 Å². The molecule has 0 N–H and O–H groups in total. The van der Waals surface area contributed by atoms with Crippen molar-refractivity contribution in [3.63, 3.8) is 0 Å². The fraction of sp³-hybridized carbons (Fsp3) is 0.529. The molecule has 1 aromatic carbocycles. The Hall–Kier alpha value is -1.46. The first kappa shape index (κ1) is 20.6. The molecule has 24 heavy (non-hydrogen) atoms. The van der Waals surface area contributed by atoms with Crippen LogP contribution in [0, 0.1) is 0 Å². The van der Waals surface area contributed by atoms with E-state index in [4.69, 9.17) is 27.9 Å². The van der Waals surface area contributed by atoms with Gasteiger partial charge in [-0.05, 0) is 38.5 Å². The van der Waals surface area contributed by atoms with Crippen LogP contribution < -0.4 is 4.74 Å². The van der Waals surface area contributed by atoms with Crippen LogP contribution in [-0.2, 0) is 14.3 Å². The number of halogens is 2. The predicted octanol–water partition coefficient (Wildman–Crippen LogP) is 3.95. The Morgan fingerprint density at radius 3 is 2.50 bits per heavy atom. The van der Waals surface area contributed by atoms with Crippen LogP contribution in [0.25, 0.3) is 0 Å². The SMILES string of the molecule is COC(=O)CCN(C(=O)CCCOc1ccc(Cl)cc1Cl)C(C)C. The van der Waals surface area contributed by atoms with Crippen molar-refractivity contribution in [1.29, 1.82) is 0 Å². The summed E-state index contributed by atoms with van der Waals surface area (Å²) >= 11 is 11.8. The molecule has 0 aliphatic heterocycles. The van der Waals surface area contributed by atoms with Crippen LogP contribution in [0.15, 0.2) is 18.2 Å². The van der Waals surface area contributed by atoms with Gasteiger partial charge in [0.05, 0.1) is 25.2 Å². The lowest BCUT2D eigenvalue weighted by Gasteiger charge is -2.26. The van der Waals surface area contributed by atoms with Gasteiger partial charge in [-0.15, -0.1) is 0 Å². The molecule has 0 aliphatic carbocycles. The van der Waals surface area contributed by atoms with E-state index in [1.807, 2.05) is 13.8 Å². The molecule has 0 unspecified atom stereocenters. The number of methoxy groups -OCH3 is 1. The summed E-state index contributed by atoms with van der Waals surface area (Å²) in [7, 11) is 1.34. The van der Waals surface area contributed by atoms with Gasteiger partial charge in [-0.1, -0.05) is 23.2 Å². The summed E-state index contributed by atoms with van der Waals surface area (Å²) in [5, 5.41) is 0.983. The topological polar surface area (TPSA) is 55.8 Å². The summed E-state index contributed by atoms with van der Waals surface area (Å²) in [6.07, 6.45) is 1.08. The van der Waals surface area contributed by atoms with Gasteiger partial charge >= 0.3 is 5.97 Å². The largest absolute Gasteiger partial charge is 0.492 e. The van der Waals surface area contributed by atoms with E-state index >= 15 is 0 Å². The first-order valence-electron chi connectivity index (χ1n) is 7.79. The Balaban J connectivity index is 2.41. The molecule has 1 aromatic rings. The molecular formula is C17H23Cl2NO4. The lowest BCUT2D eigenvalue weighted by molar-refractivity contribution is -0.142. The number of nitrogens with zero attached hydrogens (tertiary/aromatic N) is 1. The fourth-order valence-corrected chi connectivity index (χ4v) is 2.59. The van der Waals surface area contributed by atoms with Crippen molar-refractivity contribution in [3.8, 4) is 5.75 Å². The monoisotopic (exact) mass is 375 g/mol. The van der Waals surface area contributed by atoms with Gasteiger partial charge in [-0.2, -0.15) is 0 Å². The van der Waals surface area contributed by atoms with Crippen LogP contribution in [0.3, 0.4) is 0 Å². The molecule has 1 rings (SSSR count). The van der Waals surface area contributed by atoms with Gasteiger partial charge in [0, 0.05) is 24.0 Å². The zero-order valence-corrected chi connectivity index (χ0v) is 15.7. The van der Waals surface area contributed by atoms with Crippen molar-refractivity contribution in [2.75, 3.05) is 20.3 Å². The Bertz CT molecular complexity index is 564. The minimum absolute atomic E-state index is 0.0142. The highest BCUT2D eigenvalue weighted by atomic mass is 35.5. The molecule has 0 saturated carbocycles. The Kier molecular flexibility index (Phi) is 8.93. The second-order valence-corrected chi connectivity index (χ2v) is 6.38. The average Bonchev–Trinajstić information content (AvgIpc) is 2.52. The molecule has 0 fully saturated rings. The molecular weight excluding hydrogens is 353 g/mol. The first-order valence-corrected chi connectivity index (χ1v) is 8.55. The van der Waals surface area contributed by atoms with Gasteiger partial charge in [0.15, 0.2) is 0 Å². The number of ether oxygens (including phenoxy) is 2. The molecule has 0 saturated heterocycles. The summed E-state index contributed by atoms with van der Waals surface area (Å²) in [6.45, 7) is 4.56. The van der Waals surface area contributed by atoms with Crippen LogP contribution in [0.4, 0.5) is 0 Å². The number of hydrogen-bond donors (Lipinski definition) is 0. The average molecular weight is 376 g/mol. The zero-order valence-electron chi connectivity index (χ0n) is 14.2. The standard InChI is InChI=1S/C17H23Cl2NO4/c1-12(2)20(9-8-17(22)23-3)16(21)5-4-10-24-15-7-6-13(18)11-14(15)19/h6-7,11-12H,4-5,8-10H2,1-3H3. The minimum Gasteiger partial charge on any atom is -0.492 e. The number of rotatable bonds is 9. The third kappa shape index (κ3) is 6.97. The molecule has 7 heteroatoms. The van der Waals surface area contributed by atoms with E-state index in [1.165, 1.54) is 7.11 Å². The third-order valence-electron chi connectivity index (χ3n) is 3.41. The second kappa shape index (κ2) is 10.4. The number of benzene rings is 1. The van der Waals surface area contributed by atoms with Crippen LogP contribution in [0.1, 0.15) is 33.1 Å². The Morgan fingerprint density at radius 2 is 1.92 bits per heavy atom. The number of esters is 1. The van der Waals surface area contributed by atoms with E-state index in [2.05, 4.69) is 4.74 Å². The smallest absolute Gasteiger partial charge is 0.307 e. The Morgan fingerprint density at radius 1 is 1.21 bits per heavy atom. The molecule has 0 aliphatic rings. The van der Waals surface area contributed by atoms with E-state index in [0.717, 1.165) is 0 Å². The molecule has 1 amide bonds. The lowest BCUT2D eigenvalue weighted by atomic mass is 10.2. The van der Waals surface area contributed by atoms with Gasteiger partial charge in [0.1, 0.15) is 5.75 Å². The fourth-order valence-electron chi connectivity index (χ4n) is 2.13. The maximum atomic E-state index is 12.3. The molecule has 0 radical (unpaired) electrons. The van der Waals surface area contributed by atoms with Gasteiger partial charge < -0.3 is 14.4 Å². The molecule has 134 valence electrons. The molecule has 5 nitrogen and oxygen atoms in total. The van der Waals surface area contributed by atoms with Crippen LogP contribution in [0.2, 0.25) is 10.0 Å². The molecule has 0 bridgehead atoms. The van der Waals surface area contributed by atoms with E-state index in [-0.39, 0.29) is 24.3 Å². The lowest BCUT2D eigenvalue weighted by Crippen LogP contribution is -2.38.